The van der Waals surface area contributed by atoms with Gasteiger partial charge in [0.25, 0.3) is 0 Å². The Bertz CT molecular complexity index is 578. The van der Waals surface area contributed by atoms with Gasteiger partial charge in [0.15, 0.2) is 0 Å². The number of benzene rings is 2. The maximum Gasteiger partial charge on any atom is 0.237 e. The van der Waals surface area contributed by atoms with Crippen LogP contribution in [0.4, 0.5) is 0 Å². The average Bonchev–Trinajstić information content (AvgIpc) is 2.56. The summed E-state index contributed by atoms with van der Waals surface area (Å²) >= 11 is 0. The number of carbonyl (C=O) groups is 1. The van der Waals surface area contributed by atoms with Crippen LogP contribution < -0.4 is 11.1 Å². The zero-order valence-corrected chi connectivity index (χ0v) is 13.1. The first-order chi connectivity index (χ1) is 10.7. The van der Waals surface area contributed by atoms with Crippen molar-refractivity contribution in [3.63, 3.8) is 0 Å². The molecule has 1 amide bonds. The van der Waals surface area contributed by atoms with Crippen molar-refractivity contribution in [2.45, 2.75) is 32.2 Å². The van der Waals surface area contributed by atoms with Crippen LogP contribution in [0, 0.1) is 0 Å². The van der Waals surface area contributed by atoms with Gasteiger partial charge < -0.3 is 11.1 Å². The first-order valence-corrected chi connectivity index (χ1v) is 7.84. The largest absolute Gasteiger partial charge is 0.354 e. The van der Waals surface area contributed by atoms with Crippen LogP contribution in [-0.2, 0) is 24.1 Å². The number of hydrogen-bond acceptors (Lipinski definition) is 2. The number of rotatable bonds is 7. The van der Waals surface area contributed by atoms with E-state index in [9.17, 15) is 4.79 Å². The van der Waals surface area contributed by atoms with Crippen molar-refractivity contribution in [1.82, 2.24) is 5.32 Å². The lowest BCUT2D eigenvalue weighted by Crippen LogP contribution is -2.42. The standard InChI is InChI=1S/C19H24N2O/c1-2-15-8-10-16(11-9-15)12-13-21-19(22)18(20)14-17-6-4-3-5-7-17/h3-11,18H,2,12-14,20H2,1H3,(H,21,22)/t18-/m0/s1. The van der Waals surface area contributed by atoms with Crippen LogP contribution in [0.1, 0.15) is 23.6 Å². The molecule has 0 aliphatic rings. The molecule has 0 aromatic heterocycles. The van der Waals surface area contributed by atoms with Crippen molar-refractivity contribution < 1.29 is 4.79 Å². The highest BCUT2D eigenvalue weighted by molar-refractivity contribution is 5.81. The molecule has 0 bridgehead atoms. The second kappa shape index (κ2) is 8.35. The highest BCUT2D eigenvalue weighted by atomic mass is 16.2. The summed E-state index contributed by atoms with van der Waals surface area (Å²) in [6.07, 6.45) is 2.44. The Morgan fingerprint density at radius 1 is 1.00 bits per heavy atom. The maximum absolute atomic E-state index is 12.0. The van der Waals surface area contributed by atoms with Crippen LogP contribution >= 0.6 is 0 Å². The molecule has 0 spiro atoms. The van der Waals surface area contributed by atoms with Gasteiger partial charge in [0, 0.05) is 6.54 Å². The molecule has 0 unspecified atom stereocenters. The lowest BCUT2D eigenvalue weighted by atomic mass is 10.1. The first kappa shape index (κ1) is 16.2. The molecule has 0 saturated carbocycles. The van der Waals surface area contributed by atoms with E-state index in [1.807, 2.05) is 30.3 Å². The number of carbonyl (C=O) groups excluding carboxylic acids is 1. The third kappa shape index (κ3) is 5.01. The molecule has 3 heteroatoms. The molecule has 1 atom stereocenters. The molecule has 0 radical (unpaired) electrons. The highest BCUT2D eigenvalue weighted by Crippen LogP contribution is 2.05. The van der Waals surface area contributed by atoms with E-state index in [-0.39, 0.29) is 5.91 Å². The molecule has 0 aliphatic carbocycles. The Morgan fingerprint density at radius 3 is 2.27 bits per heavy atom. The molecule has 2 aromatic carbocycles. The first-order valence-electron chi connectivity index (χ1n) is 7.84. The van der Waals surface area contributed by atoms with Gasteiger partial charge in [-0.3, -0.25) is 4.79 Å². The number of amides is 1. The van der Waals surface area contributed by atoms with Gasteiger partial charge in [-0.15, -0.1) is 0 Å². The third-order valence-corrected chi connectivity index (χ3v) is 3.78. The predicted molar refractivity (Wildman–Crippen MR) is 90.7 cm³/mol. The Morgan fingerprint density at radius 2 is 1.64 bits per heavy atom. The second-order valence-electron chi connectivity index (χ2n) is 5.51. The summed E-state index contributed by atoms with van der Waals surface area (Å²) in [6, 6.07) is 17.9. The second-order valence-corrected chi connectivity index (χ2v) is 5.51. The highest BCUT2D eigenvalue weighted by Gasteiger charge is 2.13. The molecule has 0 aliphatic heterocycles. The third-order valence-electron chi connectivity index (χ3n) is 3.78. The predicted octanol–water partition coefficient (Wildman–Crippen LogP) is 2.48. The summed E-state index contributed by atoms with van der Waals surface area (Å²) in [5.41, 5.74) is 9.60. The van der Waals surface area contributed by atoms with E-state index in [0.717, 1.165) is 18.4 Å². The van der Waals surface area contributed by atoms with Gasteiger partial charge in [-0.2, -0.15) is 0 Å². The summed E-state index contributed by atoms with van der Waals surface area (Å²) in [7, 11) is 0. The summed E-state index contributed by atoms with van der Waals surface area (Å²) in [5, 5.41) is 2.92. The van der Waals surface area contributed by atoms with Gasteiger partial charge in [-0.05, 0) is 36.0 Å². The summed E-state index contributed by atoms with van der Waals surface area (Å²) in [4.78, 5) is 12.0. The smallest absolute Gasteiger partial charge is 0.237 e. The minimum atomic E-state index is -0.495. The SMILES string of the molecule is CCc1ccc(CCNC(=O)[C@@H](N)Cc2ccccc2)cc1. The van der Waals surface area contributed by atoms with Gasteiger partial charge in [0.05, 0.1) is 6.04 Å². The fourth-order valence-corrected chi connectivity index (χ4v) is 2.36. The molecule has 0 saturated heterocycles. The summed E-state index contributed by atoms with van der Waals surface area (Å²) in [6.45, 7) is 2.76. The Kier molecular flexibility index (Phi) is 6.16. The molecule has 0 heterocycles. The Labute approximate surface area is 132 Å². The van der Waals surface area contributed by atoms with E-state index >= 15 is 0 Å². The zero-order valence-electron chi connectivity index (χ0n) is 13.1. The maximum atomic E-state index is 12.0. The number of hydrogen-bond donors (Lipinski definition) is 2. The van der Waals surface area contributed by atoms with E-state index in [4.69, 9.17) is 5.73 Å². The van der Waals surface area contributed by atoms with Crippen LogP contribution in [0.3, 0.4) is 0 Å². The van der Waals surface area contributed by atoms with Crippen molar-refractivity contribution in [1.29, 1.82) is 0 Å². The van der Waals surface area contributed by atoms with Crippen molar-refractivity contribution in [3.8, 4) is 0 Å². The van der Waals surface area contributed by atoms with E-state index in [2.05, 4.69) is 36.5 Å². The molecule has 2 aromatic rings. The van der Waals surface area contributed by atoms with Crippen molar-refractivity contribution in [3.05, 3.63) is 71.3 Å². The number of nitrogens with one attached hydrogen (secondary N) is 1. The van der Waals surface area contributed by atoms with E-state index in [1.54, 1.807) is 0 Å². The molecule has 116 valence electrons. The quantitative estimate of drug-likeness (QED) is 0.824. The lowest BCUT2D eigenvalue weighted by Gasteiger charge is -2.12. The van der Waals surface area contributed by atoms with Crippen LogP contribution in [0.5, 0.6) is 0 Å². The van der Waals surface area contributed by atoms with Gasteiger partial charge in [-0.25, -0.2) is 0 Å². The van der Waals surface area contributed by atoms with Crippen molar-refractivity contribution in [2.24, 2.45) is 5.73 Å². The molecule has 3 nitrogen and oxygen atoms in total. The lowest BCUT2D eigenvalue weighted by molar-refractivity contribution is -0.122. The van der Waals surface area contributed by atoms with Gasteiger partial charge in [0.1, 0.15) is 0 Å². The fraction of sp³-hybridized carbons (Fsp3) is 0.316. The summed E-state index contributed by atoms with van der Waals surface area (Å²) in [5.74, 6) is -0.0889. The van der Waals surface area contributed by atoms with Crippen molar-refractivity contribution >= 4 is 5.91 Å². The molecule has 22 heavy (non-hydrogen) atoms. The van der Waals surface area contributed by atoms with Crippen LogP contribution in [0.25, 0.3) is 0 Å². The Balaban J connectivity index is 1.74. The van der Waals surface area contributed by atoms with Gasteiger partial charge >= 0.3 is 0 Å². The molecule has 0 fully saturated rings. The van der Waals surface area contributed by atoms with Crippen LogP contribution in [-0.4, -0.2) is 18.5 Å². The minimum absolute atomic E-state index is 0.0889. The topological polar surface area (TPSA) is 55.1 Å². The van der Waals surface area contributed by atoms with Crippen LogP contribution in [0.2, 0.25) is 0 Å². The van der Waals surface area contributed by atoms with Gasteiger partial charge in [-0.1, -0.05) is 61.5 Å². The van der Waals surface area contributed by atoms with Crippen LogP contribution in [0.15, 0.2) is 54.6 Å². The molecular formula is C19H24N2O. The monoisotopic (exact) mass is 296 g/mol. The van der Waals surface area contributed by atoms with E-state index < -0.39 is 6.04 Å². The minimum Gasteiger partial charge on any atom is -0.354 e. The normalized spacial score (nSPS) is 11.9. The average molecular weight is 296 g/mol. The number of aryl methyl sites for hydroxylation is 1. The molecule has 2 rings (SSSR count). The van der Waals surface area contributed by atoms with Gasteiger partial charge in [0.2, 0.25) is 5.91 Å². The number of nitrogens with two attached hydrogens (primary N) is 1. The fourth-order valence-electron chi connectivity index (χ4n) is 2.36. The van der Waals surface area contributed by atoms with Crippen molar-refractivity contribution in [2.75, 3.05) is 6.54 Å². The summed E-state index contributed by atoms with van der Waals surface area (Å²) < 4.78 is 0. The van der Waals surface area contributed by atoms with E-state index in [1.165, 1.54) is 11.1 Å². The molecular weight excluding hydrogens is 272 g/mol. The molecule has 3 N–H and O–H groups in total. The van der Waals surface area contributed by atoms with E-state index in [0.29, 0.717) is 13.0 Å². The Hall–Kier alpha value is -2.13. The zero-order chi connectivity index (χ0) is 15.8.